The standard InChI is InChI=1S/C25H29FN6O4/c1-14(15(2)29-24(35)36-25(3,4)5)21-17(11-16(26)12-27-21)19-7-6-9-31(19)20-8-10-32-22(30-20)18(13-28-32)23(33)34/h8,10-13,15,19H,1,6-7,9H2,2-5H3,(H,29,35)(H,33,34)/t15-,19?/m1/s1. The lowest BCUT2D eigenvalue weighted by molar-refractivity contribution is 0.0519. The molecule has 0 bridgehead atoms. The highest BCUT2D eigenvalue weighted by Gasteiger charge is 2.32. The van der Waals surface area contributed by atoms with Gasteiger partial charge in [-0.3, -0.25) is 4.98 Å². The molecule has 1 aliphatic rings. The number of halogens is 1. The van der Waals surface area contributed by atoms with E-state index < -0.39 is 29.5 Å². The molecular weight excluding hydrogens is 467 g/mol. The molecule has 0 aliphatic carbocycles. The van der Waals surface area contributed by atoms with E-state index in [1.807, 2.05) is 4.90 Å². The predicted octanol–water partition coefficient (Wildman–Crippen LogP) is 4.23. The fourth-order valence-electron chi connectivity index (χ4n) is 4.29. The lowest BCUT2D eigenvalue weighted by atomic mass is 9.95. The number of carboxylic acids is 1. The topological polar surface area (TPSA) is 122 Å². The highest BCUT2D eigenvalue weighted by atomic mass is 19.1. The van der Waals surface area contributed by atoms with Gasteiger partial charge in [0.1, 0.15) is 22.8 Å². The van der Waals surface area contributed by atoms with E-state index in [1.54, 1.807) is 40.0 Å². The number of amides is 1. The van der Waals surface area contributed by atoms with Gasteiger partial charge in [-0.2, -0.15) is 5.10 Å². The Balaban J connectivity index is 1.65. The highest BCUT2D eigenvalue weighted by molar-refractivity contribution is 5.94. The molecule has 190 valence electrons. The maximum absolute atomic E-state index is 14.4. The van der Waals surface area contributed by atoms with Crippen LogP contribution in [0.1, 0.15) is 68.2 Å². The van der Waals surface area contributed by atoms with Crippen LogP contribution in [-0.2, 0) is 4.74 Å². The van der Waals surface area contributed by atoms with E-state index in [-0.39, 0.29) is 17.3 Å². The van der Waals surface area contributed by atoms with Crippen LogP contribution in [-0.4, -0.2) is 54.9 Å². The lowest BCUT2D eigenvalue weighted by Crippen LogP contribution is -2.38. The number of fused-ring (bicyclic) bond motifs is 1. The number of nitrogens with zero attached hydrogens (tertiary/aromatic N) is 5. The first-order valence-electron chi connectivity index (χ1n) is 11.6. The monoisotopic (exact) mass is 496 g/mol. The third-order valence-corrected chi connectivity index (χ3v) is 5.93. The summed E-state index contributed by atoms with van der Waals surface area (Å²) < 4.78 is 21.1. The molecule has 3 aromatic rings. The van der Waals surface area contributed by atoms with Crippen LogP contribution >= 0.6 is 0 Å². The Morgan fingerprint density at radius 2 is 2.08 bits per heavy atom. The molecule has 1 unspecified atom stereocenters. The molecule has 0 radical (unpaired) electrons. The van der Waals surface area contributed by atoms with Crippen molar-refractivity contribution in [2.45, 2.75) is 58.2 Å². The number of anilines is 1. The van der Waals surface area contributed by atoms with Gasteiger partial charge in [0.05, 0.1) is 30.2 Å². The molecule has 2 atom stereocenters. The van der Waals surface area contributed by atoms with Crippen LogP contribution in [0.3, 0.4) is 0 Å². The van der Waals surface area contributed by atoms with Crippen molar-refractivity contribution in [2.75, 3.05) is 11.4 Å². The Morgan fingerprint density at radius 3 is 2.78 bits per heavy atom. The molecule has 4 heterocycles. The van der Waals surface area contributed by atoms with Crippen LogP contribution in [0.15, 0.2) is 37.3 Å². The number of aromatic nitrogens is 4. The molecule has 1 amide bonds. The fourth-order valence-corrected chi connectivity index (χ4v) is 4.29. The minimum Gasteiger partial charge on any atom is -0.477 e. The number of rotatable bonds is 6. The summed E-state index contributed by atoms with van der Waals surface area (Å²) in [5.74, 6) is -1.06. The van der Waals surface area contributed by atoms with Crippen molar-refractivity contribution in [1.82, 2.24) is 24.9 Å². The Hall–Kier alpha value is -4.02. The lowest BCUT2D eigenvalue weighted by Gasteiger charge is -2.29. The molecule has 0 aromatic carbocycles. The molecule has 1 fully saturated rings. The zero-order valence-corrected chi connectivity index (χ0v) is 20.7. The van der Waals surface area contributed by atoms with E-state index in [4.69, 9.17) is 4.74 Å². The number of ether oxygens (including phenoxy) is 1. The van der Waals surface area contributed by atoms with Crippen LogP contribution in [0.4, 0.5) is 15.0 Å². The van der Waals surface area contributed by atoms with Gasteiger partial charge in [0.25, 0.3) is 0 Å². The van der Waals surface area contributed by atoms with Crippen molar-refractivity contribution in [1.29, 1.82) is 0 Å². The molecule has 2 N–H and O–H groups in total. The zero-order valence-electron chi connectivity index (χ0n) is 20.7. The van der Waals surface area contributed by atoms with Crippen LogP contribution in [0, 0.1) is 5.82 Å². The molecule has 0 spiro atoms. The summed E-state index contributed by atoms with van der Waals surface area (Å²) in [5.41, 5.74) is 1.17. The molecule has 11 heteroatoms. The van der Waals surface area contributed by atoms with E-state index in [9.17, 15) is 19.1 Å². The first-order valence-corrected chi connectivity index (χ1v) is 11.6. The summed E-state index contributed by atoms with van der Waals surface area (Å²) in [4.78, 5) is 34.7. The van der Waals surface area contributed by atoms with Crippen LogP contribution in [0.2, 0.25) is 0 Å². The molecule has 4 rings (SSSR count). The second-order valence-corrected chi connectivity index (χ2v) is 9.75. The molecule has 1 saturated heterocycles. The molecule has 1 aliphatic heterocycles. The smallest absolute Gasteiger partial charge is 0.408 e. The SMILES string of the molecule is C=C(c1ncc(F)cc1C1CCCN1c1ccn2ncc(C(=O)O)c2n1)[C@@H](C)NC(=O)OC(C)(C)C. The Morgan fingerprint density at radius 1 is 1.33 bits per heavy atom. The van der Waals surface area contributed by atoms with Gasteiger partial charge >= 0.3 is 12.1 Å². The van der Waals surface area contributed by atoms with Crippen LogP contribution < -0.4 is 10.2 Å². The van der Waals surface area contributed by atoms with Crippen molar-refractivity contribution < 1.29 is 23.8 Å². The van der Waals surface area contributed by atoms with Crippen molar-refractivity contribution in [3.05, 3.63) is 59.9 Å². The number of nitrogens with one attached hydrogen (secondary N) is 1. The molecule has 0 saturated carbocycles. The number of carbonyl (C=O) groups is 2. The maximum atomic E-state index is 14.4. The number of hydrogen-bond donors (Lipinski definition) is 2. The van der Waals surface area contributed by atoms with E-state index in [0.717, 1.165) is 12.6 Å². The minimum absolute atomic E-state index is 0.00359. The Kier molecular flexibility index (Phi) is 6.66. The van der Waals surface area contributed by atoms with E-state index in [2.05, 4.69) is 27.0 Å². The summed E-state index contributed by atoms with van der Waals surface area (Å²) in [7, 11) is 0. The first kappa shape index (κ1) is 25.1. The number of pyridine rings is 1. The van der Waals surface area contributed by atoms with Gasteiger partial charge in [-0.15, -0.1) is 0 Å². The summed E-state index contributed by atoms with van der Waals surface area (Å²) in [5, 5.41) is 16.3. The molecule has 36 heavy (non-hydrogen) atoms. The summed E-state index contributed by atoms with van der Waals surface area (Å²) >= 11 is 0. The quantitative estimate of drug-likeness (QED) is 0.520. The summed E-state index contributed by atoms with van der Waals surface area (Å²) in [6.45, 7) is 11.8. The second-order valence-electron chi connectivity index (χ2n) is 9.75. The van der Waals surface area contributed by atoms with E-state index in [1.165, 1.54) is 16.8 Å². The largest absolute Gasteiger partial charge is 0.477 e. The van der Waals surface area contributed by atoms with E-state index >= 15 is 0 Å². The number of carbonyl (C=O) groups excluding carboxylic acids is 1. The average Bonchev–Trinajstić information content (AvgIpc) is 3.44. The predicted molar refractivity (Wildman–Crippen MR) is 131 cm³/mol. The van der Waals surface area contributed by atoms with Gasteiger partial charge in [-0.1, -0.05) is 6.58 Å². The van der Waals surface area contributed by atoms with Crippen molar-refractivity contribution in [3.8, 4) is 0 Å². The number of alkyl carbamates (subject to hydrolysis) is 1. The molecular formula is C25H29FN6O4. The number of carboxylic acid groups (broad SMARTS) is 1. The average molecular weight is 497 g/mol. The first-order chi connectivity index (χ1) is 16.9. The van der Waals surface area contributed by atoms with Gasteiger partial charge in [0, 0.05) is 18.3 Å². The van der Waals surface area contributed by atoms with Gasteiger partial charge in [0.15, 0.2) is 5.65 Å². The molecule has 10 nitrogen and oxygen atoms in total. The van der Waals surface area contributed by atoms with Gasteiger partial charge in [-0.05, 0) is 58.2 Å². The Labute approximate surface area is 207 Å². The highest BCUT2D eigenvalue weighted by Crippen LogP contribution is 2.38. The number of aromatic carboxylic acids is 1. The van der Waals surface area contributed by atoms with Crippen LogP contribution in [0.25, 0.3) is 11.2 Å². The second kappa shape index (κ2) is 9.56. The van der Waals surface area contributed by atoms with Gasteiger partial charge < -0.3 is 20.1 Å². The fraction of sp³-hybridized carbons (Fsp3) is 0.400. The van der Waals surface area contributed by atoms with E-state index in [0.29, 0.717) is 35.6 Å². The third-order valence-electron chi connectivity index (χ3n) is 5.93. The Bertz CT molecular complexity index is 1330. The minimum atomic E-state index is -1.12. The van der Waals surface area contributed by atoms with Crippen molar-refractivity contribution in [2.24, 2.45) is 0 Å². The maximum Gasteiger partial charge on any atom is 0.408 e. The molecule has 3 aromatic heterocycles. The normalized spacial score (nSPS) is 16.7. The van der Waals surface area contributed by atoms with Gasteiger partial charge in [-0.25, -0.2) is 23.5 Å². The third kappa shape index (κ3) is 5.14. The van der Waals surface area contributed by atoms with Crippen molar-refractivity contribution in [3.63, 3.8) is 0 Å². The summed E-state index contributed by atoms with van der Waals surface area (Å²) in [6.07, 6.45) is 4.96. The van der Waals surface area contributed by atoms with Gasteiger partial charge in [0.2, 0.25) is 0 Å². The number of hydrogen-bond acceptors (Lipinski definition) is 7. The van der Waals surface area contributed by atoms with Crippen molar-refractivity contribution >= 4 is 29.1 Å². The summed E-state index contributed by atoms with van der Waals surface area (Å²) in [6, 6.07) is 2.37. The zero-order chi connectivity index (χ0) is 26.2. The van der Waals surface area contributed by atoms with Crippen LogP contribution in [0.5, 0.6) is 0 Å².